The third kappa shape index (κ3) is 8.38. The first kappa shape index (κ1) is 48.8. The fraction of sp³-hybridized carbons (Fsp3) is 0.472. The Balaban J connectivity index is 1.39. The molecule has 0 radical (unpaired) electrons. The van der Waals surface area contributed by atoms with Crippen LogP contribution in [-0.4, -0.2) is 91.5 Å². The van der Waals surface area contributed by atoms with Gasteiger partial charge in [0.15, 0.2) is 25.4 Å². The zero-order valence-electron chi connectivity index (χ0n) is 41.2. The van der Waals surface area contributed by atoms with Gasteiger partial charge in [0, 0.05) is 41.7 Å². The number of ketones is 2. The van der Waals surface area contributed by atoms with Crippen LogP contribution in [0.3, 0.4) is 0 Å². The van der Waals surface area contributed by atoms with Gasteiger partial charge in [-0.3, -0.25) is 19.4 Å². The highest BCUT2D eigenvalue weighted by Crippen LogP contribution is 2.61. The first-order chi connectivity index (χ1) is 32.0. The summed E-state index contributed by atoms with van der Waals surface area (Å²) in [5.74, 6) is -4.02. The molecule has 8 rings (SSSR count). The topological polar surface area (TPSA) is 144 Å². The van der Waals surface area contributed by atoms with Crippen LogP contribution in [0.5, 0.6) is 11.6 Å². The molecule has 0 bridgehead atoms. The molecule has 1 aliphatic heterocycles. The third-order valence-corrected chi connectivity index (χ3v) is 18.9. The number of Topliss-reactive ketones (excluding diaryl/α,β-unsaturated/α-hetero) is 2. The van der Waals surface area contributed by atoms with Gasteiger partial charge in [-0.1, -0.05) is 87.5 Å². The highest BCUT2D eigenvalue weighted by Gasteiger charge is 2.69. The first-order valence-electron chi connectivity index (χ1n) is 23.4. The number of fused-ring (bicyclic) bond motifs is 5. The SMILES string of the molecule is C=CCN(C)[C@@H]1c2onc(OCc3ccccc3)c2C(=O)[C@@]2(O[Si](C)(C)C(C)(C)C)C(=O)C3=C(O)c4c(c(F)c5c(c4OCc4ccccc4)N(C(=O)OC(C)(C)C)CCC5N(C)C)C[C@H]3C[C@@H]12. The van der Waals surface area contributed by atoms with Crippen LogP contribution in [0.2, 0.25) is 18.1 Å². The van der Waals surface area contributed by atoms with Crippen LogP contribution in [0.1, 0.15) is 110 Å². The van der Waals surface area contributed by atoms with Gasteiger partial charge in [-0.2, -0.15) is 0 Å². The number of hydrogen-bond donors (Lipinski definition) is 1. The molecule has 13 nitrogen and oxygen atoms in total. The first-order valence-corrected chi connectivity index (χ1v) is 26.4. The molecule has 1 amide bonds. The van der Waals surface area contributed by atoms with Gasteiger partial charge in [-0.15, -0.1) is 6.58 Å². The standard InChI is InChI=1S/C53H65FN4O9Si/c1-13-25-57(10)42-35-28-33-27-34-38(45(63-29-31-20-16-14-17-21-31)43-39(41(34)54)36(56(8)9)24-26-58(43)50(62)65-51(2,3)4)44(59)37(33)47(60)53(35,67-68(11,12)52(5,6)7)48(61)40-46(42)66-55-49(40)64-30-32-22-18-15-19-23-32/h13-23,33,35-36,42,59H,1,24-30H2,2-12H3/t33-,35-,36?,42-,53-/m0/s1. The van der Waals surface area contributed by atoms with Gasteiger partial charge in [-0.25, -0.2) is 9.18 Å². The maximum atomic E-state index is 18.1. The molecule has 1 fully saturated rings. The van der Waals surface area contributed by atoms with Crippen molar-refractivity contribution in [3.8, 4) is 11.6 Å². The van der Waals surface area contributed by atoms with Crippen molar-refractivity contribution in [3.05, 3.63) is 124 Å². The Labute approximate surface area is 400 Å². The summed E-state index contributed by atoms with van der Waals surface area (Å²) >= 11 is 0. The largest absolute Gasteiger partial charge is 0.507 e. The number of nitrogens with zero attached hydrogens (tertiary/aromatic N) is 4. The Morgan fingerprint density at radius 2 is 1.59 bits per heavy atom. The quantitative estimate of drug-likeness (QED) is 0.0820. The molecular formula is C53H65FN4O9Si. The van der Waals surface area contributed by atoms with Crippen LogP contribution in [0.4, 0.5) is 14.9 Å². The Bertz CT molecular complexity index is 2650. The molecule has 362 valence electrons. The van der Waals surface area contributed by atoms with Gasteiger partial charge in [0.25, 0.3) is 5.88 Å². The number of rotatable bonds is 12. The summed E-state index contributed by atoms with van der Waals surface area (Å²) in [5.41, 5.74) is -1.12. The number of likely N-dealkylation sites (N-methyl/N-ethyl adjacent to an activating group) is 1. The lowest BCUT2D eigenvalue weighted by Crippen LogP contribution is -2.68. The van der Waals surface area contributed by atoms with E-state index in [0.717, 1.165) is 11.1 Å². The summed E-state index contributed by atoms with van der Waals surface area (Å²) in [6, 6.07) is 17.5. The Morgan fingerprint density at radius 1 is 0.971 bits per heavy atom. The average Bonchev–Trinajstić information content (AvgIpc) is 3.69. The van der Waals surface area contributed by atoms with Crippen LogP contribution in [-0.2, 0) is 33.6 Å². The molecule has 1 N–H and O–H groups in total. The van der Waals surface area contributed by atoms with Crippen LogP contribution in [0.15, 0.2) is 83.4 Å². The van der Waals surface area contributed by atoms with Crippen molar-refractivity contribution in [2.24, 2.45) is 11.8 Å². The molecule has 1 aromatic heterocycles. The second kappa shape index (κ2) is 18.0. The predicted molar refractivity (Wildman–Crippen MR) is 260 cm³/mol. The number of amides is 1. The minimum absolute atomic E-state index is 0.00497. The lowest BCUT2D eigenvalue weighted by atomic mass is 9.57. The van der Waals surface area contributed by atoms with Crippen molar-refractivity contribution < 1.29 is 47.0 Å². The molecule has 1 saturated carbocycles. The van der Waals surface area contributed by atoms with Gasteiger partial charge < -0.3 is 33.2 Å². The fourth-order valence-electron chi connectivity index (χ4n) is 10.2. The van der Waals surface area contributed by atoms with Gasteiger partial charge in [0.05, 0.1) is 17.3 Å². The number of anilines is 1. The monoisotopic (exact) mass is 948 g/mol. The Kier molecular flexibility index (Phi) is 13.0. The third-order valence-electron chi connectivity index (χ3n) is 14.4. The van der Waals surface area contributed by atoms with E-state index in [-0.39, 0.29) is 83.5 Å². The number of aliphatic hydroxyl groups excluding tert-OH is 1. The van der Waals surface area contributed by atoms with Crippen molar-refractivity contribution in [2.75, 3.05) is 39.1 Å². The zero-order valence-corrected chi connectivity index (χ0v) is 42.2. The molecule has 15 heteroatoms. The number of halogens is 1. The Hall–Kier alpha value is -5.61. The molecule has 1 unspecified atom stereocenters. The van der Waals surface area contributed by atoms with Crippen LogP contribution in [0, 0.1) is 17.7 Å². The minimum Gasteiger partial charge on any atom is -0.507 e. The second-order valence-corrected chi connectivity index (χ2v) is 26.1. The molecule has 4 aromatic rings. The summed E-state index contributed by atoms with van der Waals surface area (Å²) in [4.78, 5) is 51.8. The summed E-state index contributed by atoms with van der Waals surface area (Å²) in [6.07, 6.45) is 1.49. The van der Waals surface area contributed by atoms with Crippen molar-refractivity contribution >= 4 is 37.4 Å². The number of carbonyl (C=O) groups excluding carboxylic acids is 3. The van der Waals surface area contributed by atoms with Crippen LogP contribution >= 0.6 is 0 Å². The maximum absolute atomic E-state index is 18.1. The zero-order chi connectivity index (χ0) is 49.2. The molecule has 0 saturated heterocycles. The molecule has 4 aliphatic rings. The van der Waals surface area contributed by atoms with Crippen LogP contribution in [0.25, 0.3) is 5.76 Å². The summed E-state index contributed by atoms with van der Waals surface area (Å²) in [5, 5.41) is 16.9. The van der Waals surface area contributed by atoms with Gasteiger partial charge in [0.2, 0.25) is 11.6 Å². The van der Waals surface area contributed by atoms with E-state index in [0.29, 0.717) is 13.0 Å². The maximum Gasteiger partial charge on any atom is 0.414 e. The number of aromatic nitrogens is 1. The molecule has 0 spiro atoms. The number of hydrogen-bond acceptors (Lipinski definition) is 12. The normalized spacial score (nSPS) is 22.6. The van der Waals surface area contributed by atoms with Crippen molar-refractivity contribution in [3.63, 3.8) is 0 Å². The van der Waals surface area contributed by atoms with Gasteiger partial charge >= 0.3 is 6.09 Å². The van der Waals surface area contributed by atoms with E-state index in [1.807, 2.05) is 125 Å². The van der Waals surface area contributed by atoms with E-state index in [9.17, 15) is 9.90 Å². The molecule has 5 atom stereocenters. The second-order valence-electron chi connectivity index (χ2n) is 21.4. The summed E-state index contributed by atoms with van der Waals surface area (Å²) < 4.78 is 50.5. The van der Waals surface area contributed by atoms with E-state index in [1.54, 1.807) is 26.8 Å². The van der Waals surface area contributed by atoms with E-state index < -0.39 is 77.7 Å². The van der Waals surface area contributed by atoms with Crippen molar-refractivity contribution in [2.45, 2.75) is 115 Å². The molecule has 3 aliphatic carbocycles. The summed E-state index contributed by atoms with van der Waals surface area (Å²) in [6.45, 7) is 19.9. The minimum atomic E-state index is -3.09. The molecule has 3 aromatic carbocycles. The highest BCUT2D eigenvalue weighted by molar-refractivity contribution is 6.74. The van der Waals surface area contributed by atoms with E-state index in [2.05, 4.69) is 11.7 Å². The van der Waals surface area contributed by atoms with Gasteiger partial charge in [-0.05, 0) is 102 Å². The molecule has 68 heavy (non-hydrogen) atoms. The van der Waals surface area contributed by atoms with E-state index in [1.165, 1.54) is 4.90 Å². The van der Waals surface area contributed by atoms with Gasteiger partial charge in [0.1, 0.15) is 36.0 Å². The highest BCUT2D eigenvalue weighted by atomic mass is 28.4. The summed E-state index contributed by atoms with van der Waals surface area (Å²) in [7, 11) is 2.48. The van der Waals surface area contributed by atoms with Crippen molar-refractivity contribution in [1.82, 2.24) is 15.0 Å². The number of ether oxygens (including phenoxy) is 3. The lowest BCUT2D eigenvalue weighted by molar-refractivity contribution is -0.140. The average molecular weight is 949 g/mol. The number of benzene rings is 3. The predicted octanol–water partition coefficient (Wildman–Crippen LogP) is 10.6. The number of carbonyl (C=O) groups is 3. The lowest BCUT2D eigenvalue weighted by Gasteiger charge is -2.55. The Morgan fingerprint density at radius 3 is 2.16 bits per heavy atom. The number of aliphatic hydroxyl groups is 1. The van der Waals surface area contributed by atoms with Crippen LogP contribution < -0.4 is 14.4 Å². The molecular weight excluding hydrogens is 884 g/mol. The smallest absolute Gasteiger partial charge is 0.414 e. The molecule has 2 heterocycles. The van der Waals surface area contributed by atoms with E-state index >= 15 is 14.0 Å². The van der Waals surface area contributed by atoms with E-state index in [4.69, 9.17) is 23.2 Å². The fourth-order valence-corrected chi connectivity index (χ4v) is 11.7. The van der Waals surface area contributed by atoms with Crippen molar-refractivity contribution in [1.29, 1.82) is 0 Å².